The van der Waals surface area contributed by atoms with Gasteiger partial charge < -0.3 is 14.8 Å². The first-order valence-electron chi connectivity index (χ1n) is 8.05. The molecule has 28 heavy (non-hydrogen) atoms. The average molecular weight is 387 g/mol. The van der Waals surface area contributed by atoms with Crippen LogP contribution in [0.25, 0.3) is 0 Å². The first-order chi connectivity index (χ1) is 13.4. The lowest BCUT2D eigenvalue weighted by atomic mass is 10.1. The zero-order valence-electron chi connectivity index (χ0n) is 14.8. The highest BCUT2D eigenvalue weighted by molar-refractivity contribution is 5.97. The van der Waals surface area contributed by atoms with E-state index in [2.05, 4.69) is 5.32 Å². The van der Waals surface area contributed by atoms with E-state index in [-0.39, 0.29) is 11.4 Å². The Labute approximate surface area is 159 Å². The van der Waals surface area contributed by atoms with Gasteiger partial charge >= 0.3 is 17.7 Å². The summed E-state index contributed by atoms with van der Waals surface area (Å²) < 4.78 is 10.3. The SMILES string of the molecule is CNC(=O)NC(=O)[C@H](OC(=O)COc1ccccc1[N+](=O)[O-])c1ccccc1. The highest BCUT2D eigenvalue weighted by atomic mass is 16.6. The van der Waals surface area contributed by atoms with E-state index < -0.39 is 35.5 Å². The number of nitrogens with one attached hydrogen (secondary N) is 2. The fourth-order valence-corrected chi connectivity index (χ4v) is 2.17. The third kappa shape index (κ3) is 5.53. The number of carbonyl (C=O) groups excluding carboxylic acids is 3. The van der Waals surface area contributed by atoms with E-state index in [9.17, 15) is 24.5 Å². The van der Waals surface area contributed by atoms with Crippen molar-refractivity contribution >= 4 is 23.6 Å². The van der Waals surface area contributed by atoms with Crippen molar-refractivity contribution in [3.8, 4) is 5.75 Å². The van der Waals surface area contributed by atoms with Crippen molar-refractivity contribution in [1.82, 2.24) is 10.6 Å². The number of para-hydroxylation sites is 2. The van der Waals surface area contributed by atoms with Crippen LogP contribution in [0.5, 0.6) is 5.75 Å². The van der Waals surface area contributed by atoms with E-state index >= 15 is 0 Å². The van der Waals surface area contributed by atoms with Gasteiger partial charge in [-0.15, -0.1) is 0 Å². The summed E-state index contributed by atoms with van der Waals surface area (Å²) in [6.07, 6.45) is -1.40. The minimum absolute atomic E-state index is 0.115. The van der Waals surface area contributed by atoms with E-state index in [1.54, 1.807) is 30.3 Å². The lowest BCUT2D eigenvalue weighted by Crippen LogP contribution is -2.41. The molecule has 10 nitrogen and oxygen atoms in total. The molecule has 1 atom stereocenters. The Morgan fingerprint density at radius 2 is 1.71 bits per heavy atom. The second-order valence-corrected chi connectivity index (χ2v) is 5.36. The zero-order chi connectivity index (χ0) is 20.5. The smallest absolute Gasteiger partial charge is 0.345 e. The molecule has 2 N–H and O–H groups in total. The van der Waals surface area contributed by atoms with Crippen LogP contribution in [-0.2, 0) is 14.3 Å². The molecule has 2 aromatic rings. The molecule has 146 valence electrons. The van der Waals surface area contributed by atoms with Gasteiger partial charge in [-0.3, -0.25) is 20.2 Å². The Hall–Kier alpha value is -3.95. The summed E-state index contributed by atoms with van der Waals surface area (Å²) in [6, 6.07) is 12.8. The molecule has 0 aliphatic rings. The maximum atomic E-state index is 12.3. The summed E-state index contributed by atoms with van der Waals surface area (Å²) >= 11 is 0. The highest BCUT2D eigenvalue weighted by Gasteiger charge is 2.27. The topological polar surface area (TPSA) is 137 Å². The second kappa shape index (κ2) is 9.67. The van der Waals surface area contributed by atoms with Crippen molar-refractivity contribution in [3.05, 3.63) is 70.3 Å². The van der Waals surface area contributed by atoms with Gasteiger partial charge in [0.1, 0.15) is 0 Å². The molecule has 2 rings (SSSR count). The number of hydrogen-bond acceptors (Lipinski definition) is 7. The first-order valence-corrected chi connectivity index (χ1v) is 8.05. The zero-order valence-corrected chi connectivity index (χ0v) is 14.8. The van der Waals surface area contributed by atoms with Crippen molar-refractivity contribution < 1.29 is 28.8 Å². The number of benzene rings is 2. The van der Waals surface area contributed by atoms with Crippen LogP contribution in [0.4, 0.5) is 10.5 Å². The van der Waals surface area contributed by atoms with Gasteiger partial charge in [-0.2, -0.15) is 0 Å². The van der Waals surface area contributed by atoms with Crippen molar-refractivity contribution in [1.29, 1.82) is 0 Å². The molecule has 0 aliphatic heterocycles. The monoisotopic (exact) mass is 387 g/mol. The molecule has 0 heterocycles. The lowest BCUT2D eigenvalue weighted by Gasteiger charge is -2.17. The van der Waals surface area contributed by atoms with Crippen molar-refractivity contribution in [3.63, 3.8) is 0 Å². The number of esters is 1. The number of ether oxygens (including phenoxy) is 2. The van der Waals surface area contributed by atoms with Crippen LogP contribution in [0.1, 0.15) is 11.7 Å². The molecule has 0 aliphatic carbocycles. The Morgan fingerprint density at radius 1 is 1.07 bits per heavy atom. The number of urea groups is 1. The highest BCUT2D eigenvalue weighted by Crippen LogP contribution is 2.26. The van der Waals surface area contributed by atoms with E-state index in [0.29, 0.717) is 5.56 Å². The van der Waals surface area contributed by atoms with Crippen LogP contribution < -0.4 is 15.4 Å². The van der Waals surface area contributed by atoms with Crippen LogP contribution in [0.3, 0.4) is 0 Å². The predicted octanol–water partition coefficient (Wildman–Crippen LogP) is 1.71. The Bertz CT molecular complexity index is 870. The number of hydrogen-bond donors (Lipinski definition) is 2. The molecule has 0 unspecified atom stereocenters. The normalized spacial score (nSPS) is 11.0. The van der Waals surface area contributed by atoms with Gasteiger partial charge in [0.2, 0.25) is 6.10 Å². The summed E-state index contributed by atoms with van der Waals surface area (Å²) in [5.41, 5.74) is 0.0233. The fraction of sp³-hybridized carbons (Fsp3) is 0.167. The van der Waals surface area contributed by atoms with E-state index in [1.807, 2.05) is 5.32 Å². The van der Waals surface area contributed by atoms with Gasteiger partial charge in [0.15, 0.2) is 12.4 Å². The second-order valence-electron chi connectivity index (χ2n) is 5.36. The summed E-state index contributed by atoms with van der Waals surface area (Å²) in [4.78, 5) is 46.1. The summed E-state index contributed by atoms with van der Waals surface area (Å²) in [5, 5.41) is 15.2. The fourth-order valence-electron chi connectivity index (χ4n) is 2.17. The van der Waals surface area contributed by atoms with E-state index in [0.717, 1.165) is 0 Å². The number of imide groups is 1. The van der Waals surface area contributed by atoms with Gasteiger partial charge in [0, 0.05) is 18.7 Å². The van der Waals surface area contributed by atoms with Crippen LogP contribution in [0, 0.1) is 10.1 Å². The molecular formula is C18H17N3O7. The number of nitro groups is 1. The van der Waals surface area contributed by atoms with Crippen molar-refractivity contribution in [2.24, 2.45) is 0 Å². The number of nitrogens with zero attached hydrogens (tertiary/aromatic N) is 1. The maximum Gasteiger partial charge on any atom is 0.345 e. The minimum atomic E-state index is -1.40. The molecule has 0 saturated heterocycles. The Balaban J connectivity index is 2.09. The van der Waals surface area contributed by atoms with Crippen LogP contribution >= 0.6 is 0 Å². The number of rotatable bonds is 7. The van der Waals surface area contributed by atoms with Gasteiger partial charge in [0.25, 0.3) is 5.91 Å². The number of carbonyl (C=O) groups is 3. The summed E-state index contributed by atoms with van der Waals surface area (Å²) in [5.74, 6) is -1.92. The third-order valence-electron chi connectivity index (χ3n) is 3.46. The van der Waals surface area contributed by atoms with Gasteiger partial charge in [-0.25, -0.2) is 9.59 Å². The van der Waals surface area contributed by atoms with Crippen LogP contribution in [0.15, 0.2) is 54.6 Å². The largest absolute Gasteiger partial charge is 0.475 e. The van der Waals surface area contributed by atoms with Gasteiger partial charge in [-0.05, 0) is 6.07 Å². The molecule has 0 aromatic heterocycles. The average Bonchev–Trinajstić information content (AvgIpc) is 2.71. The molecule has 0 bridgehead atoms. The van der Waals surface area contributed by atoms with Gasteiger partial charge in [0.05, 0.1) is 4.92 Å². The molecule has 3 amide bonds. The van der Waals surface area contributed by atoms with Crippen molar-refractivity contribution in [2.75, 3.05) is 13.7 Å². The molecule has 2 aromatic carbocycles. The molecule has 0 spiro atoms. The molecule has 10 heteroatoms. The molecule has 0 saturated carbocycles. The number of nitro benzene ring substituents is 1. The van der Waals surface area contributed by atoms with E-state index in [4.69, 9.17) is 9.47 Å². The van der Waals surface area contributed by atoms with Gasteiger partial charge in [-0.1, -0.05) is 42.5 Å². The Kier molecular flexibility index (Phi) is 7.03. The first kappa shape index (κ1) is 20.4. The maximum absolute atomic E-state index is 12.3. The minimum Gasteiger partial charge on any atom is -0.475 e. The van der Waals surface area contributed by atoms with Crippen LogP contribution in [0.2, 0.25) is 0 Å². The number of amides is 3. The third-order valence-corrected chi connectivity index (χ3v) is 3.46. The molecule has 0 fully saturated rings. The van der Waals surface area contributed by atoms with Crippen LogP contribution in [-0.4, -0.2) is 36.5 Å². The molecular weight excluding hydrogens is 370 g/mol. The summed E-state index contributed by atoms with van der Waals surface area (Å²) in [6.45, 7) is -0.665. The van der Waals surface area contributed by atoms with Crippen molar-refractivity contribution in [2.45, 2.75) is 6.10 Å². The summed E-state index contributed by atoms with van der Waals surface area (Å²) in [7, 11) is 1.33. The molecule has 0 radical (unpaired) electrons. The Morgan fingerprint density at radius 3 is 2.36 bits per heavy atom. The predicted molar refractivity (Wildman–Crippen MR) is 96.5 cm³/mol. The quantitative estimate of drug-likeness (QED) is 0.419. The standard InChI is InChI=1S/C18H17N3O7/c1-19-18(24)20-17(23)16(12-7-3-2-4-8-12)28-15(22)11-27-14-10-6-5-9-13(14)21(25)26/h2-10,16H,11H2,1H3,(H2,19,20,23,24)/t16-/m1/s1. The lowest BCUT2D eigenvalue weighted by molar-refractivity contribution is -0.385. The van der Waals surface area contributed by atoms with E-state index in [1.165, 1.54) is 31.3 Å².